The molecule has 0 aliphatic carbocycles. The van der Waals surface area contributed by atoms with E-state index in [2.05, 4.69) is 31.3 Å². The molecule has 22 heavy (non-hydrogen) atoms. The number of benzene rings is 2. The van der Waals surface area contributed by atoms with Crippen LogP contribution in [0.4, 0.5) is 16.2 Å². The number of urea groups is 1. The van der Waals surface area contributed by atoms with Gasteiger partial charge in [-0.25, -0.2) is 4.79 Å². The molecule has 1 aliphatic heterocycles. The summed E-state index contributed by atoms with van der Waals surface area (Å²) in [4.78, 5) is 15.7. The van der Waals surface area contributed by atoms with Crippen LogP contribution < -0.4 is 10.2 Å². The van der Waals surface area contributed by atoms with E-state index in [0.29, 0.717) is 5.25 Å². The first-order chi connectivity index (χ1) is 10.5. The van der Waals surface area contributed by atoms with Crippen LogP contribution in [0, 0.1) is 13.8 Å². The maximum atomic E-state index is 12.7. The second kappa shape index (κ2) is 6.05. The minimum Gasteiger partial charge on any atom is -0.307 e. The summed E-state index contributed by atoms with van der Waals surface area (Å²) in [6.45, 7) is 6.94. The van der Waals surface area contributed by atoms with Crippen molar-refractivity contribution in [2.45, 2.75) is 30.9 Å². The summed E-state index contributed by atoms with van der Waals surface area (Å²) < 4.78 is 0. The number of hydrogen-bond acceptors (Lipinski definition) is 2. The predicted molar refractivity (Wildman–Crippen MR) is 94.0 cm³/mol. The van der Waals surface area contributed by atoms with Gasteiger partial charge in [-0.1, -0.05) is 36.8 Å². The van der Waals surface area contributed by atoms with Gasteiger partial charge in [0.1, 0.15) is 0 Å². The quantitative estimate of drug-likeness (QED) is 0.817. The third-order valence-corrected chi connectivity index (χ3v) is 4.94. The summed E-state index contributed by atoms with van der Waals surface area (Å²) in [6, 6.07) is 14.1. The van der Waals surface area contributed by atoms with E-state index in [-0.39, 0.29) is 6.03 Å². The monoisotopic (exact) mass is 312 g/mol. The van der Waals surface area contributed by atoms with Crippen LogP contribution in [-0.4, -0.2) is 17.8 Å². The molecule has 0 unspecified atom stereocenters. The average molecular weight is 312 g/mol. The summed E-state index contributed by atoms with van der Waals surface area (Å²) in [5, 5.41) is 3.43. The summed E-state index contributed by atoms with van der Waals surface area (Å²) in [6.07, 6.45) is 0. The van der Waals surface area contributed by atoms with Crippen LogP contribution in [0.3, 0.4) is 0 Å². The summed E-state index contributed by atoms with van der Waals surface area (Å²) in [5.74, 6) is 0. The molecule has 1 aliphatic rings. The van der Waals surface area contributed by atoms with Gasteiger partial charge < -0.3 is 5.32 Å². The van der Waals surface area contributed by atoms with Crippen molar-refractivity contribution in [2.24, 2.45) is 0 Å². The molecule has 0 fully saturated rings. The molecule has 0 saturated heterocycles. The number of amides is 2. The summed E-state index contributed by atoms with van der Waals surface area (Å²) >= 11 is 1.82. The van der Waals surface area contributed by atoms with Crippen LogP contribution >= 0.6 is 11.8 Å². The molecule has 114 valence electrons. The smallest absolute Gasteiger partial charge is 0.307 e. The van der Waals surface area contributed by atoms with Gasteiger partial charge in [0.05, 0.1) is 5.69 Å². The van der Waals surface area contributed by atoms with Gasteiger partial charge in [0.15, 0.2) is 0 Å². The Hall–Kier alpha value is -1.94. The van der Waals surface area contributed by atoms with Crippen molar-refractivity contribution in [3.63, 3.8) is 0 Å². The first-order valence-corrected chi connectivity index (χ1v) is 8.34. The number of aryl methyl sites for hydroxylation is 2. The molecular formula is C18H20N2OS. The number of thioether (sulfide) groups is 1. The van der Waals surface area contributed by atoms with Crippen molar-refractivity contribution in [2.75, 3.05) is 16.8 Å². The highest BCUT2D eigenvalue weighted by Crippen LogP contribution is 2.38. The molecule has 2 amide bonds. The average Bonchev–Trinajstić information content (AvgIpc) is 2.49. The Morgan fingerprint density at radius 1 is 1.23 bits per heavy atom. The molecule has 0 bridgehead atoms. The zero-order chi connectivity index (χ0) is 15.7. The fraction of sp³-hybridized carbons (Fsp3) is 0.278. The highest BCUT2D eigenvalue weighted by atomic mass is 32.2. The third-order valence-electron chi connectivity index (χ3n) is 3.79. The van der Waals surface area contributed by atoms with E-state index in [9.17, 15) is 4.79 Å². The predicted octanol–water partition coefficient (Wildman–Crippen LogP) is 4.84. The van der Waals surface area contributed by atoms with Crippen LogP contribution in [0.2, 0.25) is 0 Å². The Bertz CT molecular complexity index is 714. The van der Waals surface area contributed by atoms with Crippen molar-refractivity contribution in [1.82, 2.24) is 0 Å². The molecule has 4 heteroatoms. The minimum atomic E-state index is -0.0634. The molecule has 0 spiro atoms. The van der Waals surface area contributed by atoms with Gasteiger partial charge in [-0.15, -0.1) is 11.8 Å². The number of para-hydroxylation sites is 1. The minimum absolute atomic E-state index is 0.0634. The molecule has 2 aromatic rings. The Kier molecular flexibility index (Phi) is 4.12. The zero-order valence-electron chi connectivity index (χ0n) is 13.1. The van der Waals surface area contributed by atoms with Crippen molar-refractivity contribution in [3.05, 3.63) is 53.6 Å². The fourth-order valence-corrected chi connectivity index (χ4v) is 3.83. The summed E-state index contributed by atoms with van der Waals surface area (Å²) in [7, 11) is 0. The van der Waals surface area contributed by atoms with Gasteiger partial charge >= 0.3 is 6.03 Å². The number of fused-ring (bicyclic) bond motifs is 1. The number of rotatable bonds is 1. The second-order valence-corrected chi connectivity index (χ2v) is 7.24. The lowest BCUT2D eigenvalue weighted by atomic mass is 10.1. The highest BCUT2D eigenvalue weighted by molar-refractivity contribution is 8.00. The first-order valence-electron chi connectivity index (χ1n) is 7.46. The van der Waals surface area contributed by atoms with Gasteiger partial charge in [-0.2, -0.15) is 0 Å². The van der Waals surface area contributed by atoms with E-state index < -0.39 is 0 Å². The first kappa shape index (κ1) is 15.0. The number of carbonyl (C=O) groups is 1. The van der Waals surface area contributed by atoms with Crippen LogP contribution in [0.15, 0.2) is 47.4 Å². The van der Waals surface area contributed by atoms with E-state index in [1.54, 1.807) is 0 Å². The number of anilines is 2. The zero-order valence-corrected chi connectivity index (χ0v) is 13.9. The lowest BCUT2D eigenvalue weighted by Gasteiger charge is -2.32. The topological polar surface area (TPSA) is 32.3 Å². The molecule has 1 N–H and O–H groups in total. The van der Waals surface area contributed by atoms with Crippen LogP contribution in [0.5, 0.6) is 0 Å². The molecule has 3 rings (SSSR count). The lowest BCUT2D eigenvalue weighted by molar-refractivity contribution is 0.256. The second-order valence-electron chi connectivity index (χ2n) is 5.76. The largest absolute Gasteiger partial charge is 0.326 e. The van der Waals surface area contributed by atoms with Crippen LogP contribution in [0.1, 0.15) is 18.1 Å². The number of nitrogens with one attached hydrogen (secondary N) is 1. The number of hydrogen-bond donors (Lipinski definition) is 1. The molecular weight excluding hydrogens is 292 g/mol. The van der Waals surface area contributed by atoms with Gasteiger partial charge in [0.2, 0.25) is 0 Å². The molecule has 0 saturated carbocycles. The fourth-order valence-electron chi connectivity index (χ4n) is 2.72. The third kappa shape index (κ3) is 2.97. The molecule has 3 nitrogen and oxygen atoms in total. The van der Waals surface area contributed by atoms with E-state index in [1.807, 2.05) is 53.9 Å². The van der Waals surface area contributed by atoms with Crippen molar-refractivity contribution in [3.8, 4) is 0 Å². The number of carbonyl (C=O) groups excluding carboxylic acids is 1. The van der Waals surface area contributed by atoms with E-state index in [1.165, 1.54) is 5.56 Å². The van der Waals surface area contributed by atoms with Crippen molar-refractivity contribution < 1.29 is 4.79 Å². The van der Waals surface area contributed by atoms with Gasteiger partial charge in [-0.3, -0.25) is 4.90 Å². The van der Waals surface area contributed by atoms with E-state index in [4.69, 9.17) is 0 Å². The van der Waals surface area contributed by atoms with E-state index >= 15 is 0 Å². The normalized spacial score (nSPS) is 17.0. The lowest BCUT2D eigenvalue weighted by Crippen LogP contribution is -2.41. The molecule has 1 heterocycles. The van der Waals surface area contributed by atoms with Gasteiger partial charge in [-0.05, 0) is 37.6 Å². The van der Waals surface area contributed by atoms with Gasteiger partial charge in [0.25, 0.3) is 0 Å². The molecule has 0 aromatic heterocycles. The summed E-state index contributed by atoms with van der Waals surface area (Å²) in [5.41, 5.74) is 4.15. The Morgan fingerprint density at radius 2 is 2.00 bits per heavy atom. The molecule has 1 atom stereocenters. The SMILES string of the molecule is Cc1ccc(NC(=O)N2C[C@H](C)Sc3ccccc32)c(C)c1. The Morgan fingerprint density at radius 3 is 2.77 bits per heavy atom. The van der Waals surface area contributed by atoms with Crippen LogP contribution in [-0.2, 0) is 0 Å². The highest BCUT2D eigenvalue weighted by Gasteiger charge is 2.26. The Labute approximate surface area is 135 Å². The molecule has 2 aromatic carbocycles. The maximum Gasteiger partial charge on any atom is 0.326 e. The number of nitrogens with zero attached hydrogens (tertiary/aromatic N) is 1. The standard InChI is InChI=1S/C18H20N2OS/c1-12-8-9-15(13(2)10-12)19-18(21)20-11-14(3)22-17-7-5-4-6-16(17)20/h4-10,14H,11H2,1-3H3,(H,19,21)/t14-/m0/s1. The Balaban J connectivity index is 1.86. The van der Waals surface area contributed by atoms with Crippen LogP contribution in [0.25, 0.3) is 0 Å². The molecule has 0 radical (unpaired) electrons. The van der Waals surface area contributed by atoms with Crippen molar-refractivity contribution in [1.29, 1.82) is 0 Å². The maximum absolute atomic E-state index is 12.7. The van der Waals surface area contributed by atoms with Gasteiger partial charge in [0, 0.05) is 22.4 Å². The van der Waals surface area contributed by atoms with E-state index in [0.717, 1.165) is 28.4 Å². The van der Waals surface area contributed by atoms with Crippen molar-refractivity contribution >= 4 is 29.2 Å².